The van der Waals surface area contributed by atoms with E-state index >= 15 is 0 Å². The number of nitrogen functional groups attached to an aromatic ring is 1. The predicted octanol–water partition coefficient (Wildman–Crippen LogP) is 1.38. The van der Waals surface area contributed by atoms with E-state index in [9.17, 15) is 9.18 Å². The van der Waals surface area contributed by atoms with Gasteiger partial charge in [0.15, 0.2) is 0 Å². The van der Waals surface area contributed by atoms with Gasteiger partial charge in [0, 0.05) is 22.8 Å². The topological polar surface area (TPSA) is 69.1 Å². The molecule has 1 amide bonds. The van der Waals surface area contributed by atoms with E-state index in [2.05, 4.69) is 0 Å². The van der Waals surface area contributed by atoms with Crippen molar-refractivity contribution in [2.75, 3.05) is 11.5 Å². The van der Waals surface area contributed by atoms with Crippen LogP contribution in [0.15, 0.2) is 23.1 Å². The standard InChI is InChI=1S/C9H11FN2OS/c10-6-1-2-7(11)8(5-6)14-4-3-9(12)13/h1-2,5H,3-4,11H2,(H2,12,13). The van der Waals surface area contributed by atoms with Crippen molar-refractivity contribution in [3.05, 3.63) is 24.0 Å². The molecule has 1 rings (SSSR count). The normalized spacial score (nSPS) is 10.1. The average Bonchev–Trinajstić information content (AvgIpc) is 2.10. The van der Waals surface area contributed by atoms with Gasteiger partial charge >= 0.3 is 0 Å². The second-order valence-electron chi connectivity index (χ2n) is 2.75. The van der Waals surface area contributed by atoms with E-state index in [4.69, 9.17) is 11.5 Å². The Morgan fingerprint density at radius 3 is 2.86 bits per heavy atom. The minimum Gasteiger partial charge on any atom is -0.398 e. The van der Waals surface area contributed by atoms with E-state index in [-0.39, 0.29) is 18.1 Å². The Hall–Kier alpha value is -1.23. The van der Waals surface area contributed by atoms with Crippen LogP contribution in [0.5, 0.6) is 0 Å². The van der Waals surface area contributed by atoms with Gasteiger partial charge in [0.25, 0.3) is 0 Å². The summed E-state index contributed by atoms with van der Waals surface area (Å²) >= 11 is 1.32. The first-order valence-corrected chi connectivity index (χ1v) is 5.04. The molecular weight excluding hydrogens is 203 g/mol. The molecular formula is C9H11FN2OS. The second-order valence-corrected chi connectivity index (χ2v) is 3.88. The molecule has 0 atom stereocenters. The van der Waals surface area contributed by atoms with Crippen LogP contribution >= 0.6 is 11.8 Å². The van der Waals surface area contributed by atoms with Crippen LogP contribution in [-0.2, 0) is 4.79 Å². The fourth-order valence-electron chi connectivity index (χ4n) is 0.895. The molecule has 0 fully saturated rings. The number of thioether (sulfide) groups is 1. The molecule has 0 aliphatic rings. The monoisotopic (exact) mass is 214 g/mol. The number of hydrogen-bond acceptors (Lipinski definition) is 3. The van der Waals surface area contributed by atoms with Gasteiger partial charge in [-0.2, -0.15) is 0 Å². The molecule has 14 heavy (non-hydrogen) atoms. The average molecular weight is 214 g/mol. The fourth-order valence-corrected chi connectivity index (χ4v) is 1.85. The third-order valence-electron chi connectivity index (χ3n) is 1.58. The van der Waals surface area contributed by atoms with Gasteiger partial charge in [-0.15, -0.1) is 11.8 Å². The smallest absolute Gasteiger partial charge is 0.218 e. The number of carbonyl (C=O) groups is 1. The Balaban J connectivity index is 2.57. The summed E-state index contributed by atoms with van der Waals surface area (Å²) in [5.74, 6) is -0.184. The molecule has 0 unspecified atom stereocenters. The zero-order chi connectivity index (χ0) is 10.6. The van der Waals surface area contributed by atoms with Crippen molar-refractivity contribution >= 4 is 23.4 Å². The summed E-state index contributed by atoms with van der Waals surface area (Å²) in [5, 5.41) is 0. The van der Waals surface area contributed by atoms with Gasteiger partial charge in [0.2, 0.25) is 5.91 Å². The molecule has 1 aromatic rings. The van der Waals surface area contributed by atoms with E-state index in [1.807, 2.05) is 0 Å². The zero-order valence-corrected chi connectivity index (χ0v) is 8.31. The van der Waals surface area contributed by atoms with Crippen LogP contribution in [0.2, 0.25) is 0 Å². The Kier molecular flexibility index (Phi) is 3.76. The fraction of sp³-hybridized carbons (Fsp3) is 0.222. The van der Waals surface area contributed by atoms with Crippen LogP contribution in [-0.4, -0.2) is 11.7 Å². The van der Waals surface area contributed by atoms with Gasteiger partial charge in [-0.3, -0.25) is 4.79 Å². The van der Waals surface area contributed by atoms with Gasteiger partial charge < -0.3 is 11.5 Å². The molecule has 0 aliphatic carbocycles. The lowest BCUT2D eigenvalue weighted by molar-refractivity contribution is -0.117. The number of hydrogen-bond donors (Lipinski definition) is 2. The Morgan fingerprint density at radius 1 is 1.50 bits per heavy atom. The van der Waals surface area contributed by atoms with Crippen molar-refractivity contribution in [3.63, 3.8) is 0 Å². The van der Waals surface area contributed by atoms with Crippen LogP contribution in [0.1, 0.15) is 6.42 Å². The van der Waals surface area contributed by atoms with Crippen molar-refractivity contribution in [3.8, 4) is 0 Å². The quantitative estimate of drug-likeness (QED) is 0.587. The maximum absolute atomic E-state index is 12.8. The highest BCUT2D eigenvalue weighted by Gasteiger charge is 2.02. The molecule has 1 aromatic carbocycles. The molecule has 0 radical (unpaired) electrons. The number of anilines is 1. The van der Waals surface area contributed by atoms with E-state index < -0.39 is 0 Å². The lowest BCUT2D eigenvalue weighted by atomic mass is 10.3. The highest BCUT2D eigenvalue weighted by atomic mass is 32.2. The molecule has 0 aromatic heterocycles. The lowest BCUT2D eigenvalue weighted by Gasteiger charge is -2.03. The largest absolute Gasteiger partial charge is 0.398 e. The Morgan fingerprint density at radius 2 is 2.21 bits per heavy atom. The lowest BCUT2D eigenvalue weighted by Crippen LogP contribution is -2.10. The van der Waals surface area contributed by atoms with Crippen LogP contribution < -0.4 is 11.5 Å². The molecule has 0 saturated carbocycles. The van der Waals surface area contributed by atoms with Crippen molar-refractivity contribution in [2.45, 2.75) is 11.3 Å². The Bertz CT molecular complexity index is 344. The summed E-state index contributed by atoms with van der Waals surface area (Å²) < 4.78 is 12.8. The van der Waals surface area contributed by atoms with Crippen LogP contribution in [0.25, 0.3) is 0 Å². The third kappa shape index (κ3) is 3.26. The first-order chi connectivity index (χ1) is 6.59. The molecule has 0 spiro atoms. The number of benzene rings is 1. The number of carbonyl (C=O) groups excluding carboxylic acids is 1. The predicted molar refractivity (Wildman–Crippen MR) is 55.3 cm³/mol. The Labute approximate surface area is 85.7 Å². The zero-order valence-electron chi connectivity index (χ0n) is 7.50. The van der Waals surface area contributed by atoms with E-state index in [0.717, 1.165) is 0 Å². The van der Waals surface area contributed by atoms with Gasteiger partial charge in [-0.1, -0.05) is 0 Å². The first kappa shape index (κ1) is 10.8. The van der Waals surface area contributed by atoms with Gasteiger partial charge in [-0.25, -0.2) is 4.39 Å². The second kappa shape index (κ2) is 4.85. The van der Waals surface area contributed by atoms with Crippen molar-refractivity contribution in [2.24, 2.45) is 5.73 Å². The number of amides is 1. The van der Waals surface area contributed by atoms with Crippen LogP contribution in [0.3, 0.4) is 0 Å². The molecule has 0 bridgehead atoms. The number of primary amides is 1. The summed E-state index contributed by atoms with van der Waals surface area (Å²) in [7, 11) is 0. The summed E-state index contributed by atoms with van der Waals surface area (Å²) in [6, 6.07) is 4.15. The van der Waals surface area contributed by atoms with Crippen LogP contribution in [0.4, 0.5) is 10.1 Å². The van der Waals surface area contributed by atoms with Gasteiger partial charge in [0.05, 0.1) is 0 Å². The minimum absolute atomic E-state index is 0.265. The number of rotatable bonds is 4. The molecule has 76 valence electrons. The number of nitrogens with two attached hydrogens (primary N) is 2. The summed E-state index contributed by atoms with van der Waals surface area (Å²) in [6.07, 6.45) is 0.265. The molecule has 0 aliphatic heterocycles. The summed E-state index contributed by atoms with van der Waals surface area (Å²) in [4.78, 5) is 11.1. The maximum Gasteiger partial charge on any atom is 0.218 e. The maximum atomic E-state index is 12.8. The highest BCUT2D eigenvalue weighted by molar-refractivity contribution is 7.99. The van der Waals surface area contributed by atoms with Crippen LogP contribution in [0, 0.1) is 5.82 Å². The molecule has 0 saturated heterocycles. The van der Waals surface area contributed by atoms with Crippen molar-refractivity contribution in [1.29, 1.82) is 0 Å². The SMILES string of the molecule is NC(=O)CCSc1cc(F)ccc1N. The molecule has 4 N–H and O–H groups in total. The van der Waals surface area contributed by atoms with E-state index in [1.54, 1.807) is 0 Å². The number of halogens is 1. The molecule has 5 heteroatoms. The van der Waals surface area contributed by atoms with Crippen molar-refractivity contribution < 1.29 is 9.18 Å². The first-order valence-electron chi connectivity index (χ1n) is 4.05. The third-order valence-corrected chi connectivity index (χ3v) is 2.65. The molecule has 3 nitrogen and oxygen atoms in total. The van der Waals surface area contributed by atoms with Gasteiger partial charge in [-0.05, 0) is 18.2 Å². The summed E-state index contributed by atoms with van der Waals surface area (Å²) in [5.41, 5.74) is 11.1. The highest BCUT2D eigenvalue weighted by Crippen LogP contribution is 2.25. The minimum atomic E-state index is -0.368. The van der Waals surface area contributed by atoms with Gasteiger partial charge in [0.1, 0.15) is 5.82 Å². The van der Waals surface area contributed by atoms with E-state index in [1.165, 1.54) is 30.0 Å². The summed E-state index contributed by atoms with van der Waals surface area (Å²) in [6.45, 7) is 0. The van der Waals surface area contributed by atoms with Crippen molar-refractivity contribution in [1.82, 2.24) is 0 Å². The van der Waals surface area contributed by atoms with E-state index in [0.29, 0.717) is 16.3 Å². The molecule has 0 heterocycles.